The van der Waals surface area contributed by atoms with Crippen LogP contribution in [-0.4, -0.2) is 0 Å². The predicted molar refractivity (Wildman–Crippen MR) is 398 cm³/mol. The minimum Gasteiger partial charge on any atom is -0.0776 e. The zero-order valence-corrected chi connectivity index (χ0v) is 55.5. The molecular weight excluding hydrogens is 973 g/mol. The molecule has 2 saturated carbocycles. The Morgan fingerprint density at radius 2 is 0.444 bits per heavy atom. The molecule has 0 saturated heterocycles. The van der Waals surface area contributed by atoms with Crippen LogP contribution < -0.4 is 0 Å². The highest BCUT2D eigenvalue weighted by molar-refractivity contribution is 5.89. The summed E-state index contributed by atoms with van der Waals surface area (Å²) in [7, 11) is 0. The van der Waals surface area contributed by atoms with Crippen molar-refractivity contribution in [3.8, 4) is 0 Å². The number of rotatable bonds is 0. The van der Waals surface area contributed by atoms with Gasteiger partial charge in [0.1, 0.15) is 0 Å². The molecule has 0 heterocycles. The number of aryl methyl sites for hydroxylation is 8. The normalized spacial score (nSPS) is 13.2. The van der Waals surface area contributed by atoms with Crippen LogP contribution in [0.15, 0.2) is 133 Å². The number of benzene rings is 7. The van der Waals surface area contributed by atoms with Crippen molar-refractivity contribution in [1.82, 2.24) is 0 Å². The average molecular weight is 1120 g/mol. The molecule has 9 rings (SSSR count). The summed E-state index contributed by atoms with van der Waals surface area (Å²) >= 11 is 0. The average Bonchev–Trinajstić information content (AvgIpc) is 4.15. The van der Waals surface area contributed by atoms with Gasteiger partial charge in [-0.1, -0.05) is 378 Å². The summed E-state index contributed by atoms with van der Waals surface area (Å²) in [6.45, 7) is 62.4. The number of hydrogen-bond acceptors (Lipinski definition) is 0. The van der Waals surface area contributed by atoms with Crippen LogP contribution in [0.1, 0.15) is 273 Å². The highest BCUT2D eigenvalue weighted by Crippen LogP contribution is 2.36. The Balaban J connectivity index is -0.0000000665. The van der Waals surface area contributed by atoms with Crippen molar-refractivity contribution < 1.29 is 0 Å². The van der Waals surface area contributed by atoms with Gasteiger partial charge in [0.05, 0.1) is 0 Å². The first-order valence-electron chi connectivity index (χ1n) is 30.6. The second-order valence-corrected chi connectivity index (χ2v) is 17.6. The Morgan fingerprint density at radius 1 is 0.247 bits per heavy atom. The van der Waals surface area contributed by atoms with Gasteiger partial charge in [-0.25, -0.2) is 0 Å². The minimum atomic E-state index is 0. The fourth-order valence-electron chi connectivity index (χ4n) is 7.28. The summed E-state index contributed by atoms with van der Waals surface area (Å²) in [5, 5.41) is 8.16. The maximum absolute atomic E-state index is 2.37. The number of fused-ring (bicyclic) bond motifs is 3. The highest BCUT2D eigenvalue weighted by atomic mass is 14.3. The van der Waals surface area contributed by atoms with E-state index in [2.05, 4.69) is 217 Å². The van der Waals surface area contributed by atoms with Gasteiger partial charge in [0.25, 0.3) is 0 Å². The molecule has 0 bridgehead atoms. The van der Waals surface area contributed by atoms with Crippen molar-refractivity contribution in [3.05, 3.63) is 178 Å². The largest absolute Gasteiger partial charge is 0.0776 e. The van der Waals surface area contributed by atoms with Crippen LogP contribution in [0.2, 0.25) is 0 Å². The third kappa shape index (κ3) is 48.6. The summed E-state index contributed by atoms with van der Waals surface area (Å²) in [4.78, 5) is 0. The van der Waals surface area contributed by atoms with Gasteiger partial charge in [-0.3, -0.25) is 0 Å². The van der Waals surface area contributed by atoms with E-state index >= 15 is 0 Å². The monoisotopic (exact) mass is 1120 g/mol. The third-order valence-corrected chi connectivity index (χ3v) is 11.9. The van der Waals surface area contributed by atoms with E-state index in [1.165, 1.54) is 109 Å². The molecule has 0 aromatic heterocycles. The van der Waals surface area contributed by atoms with Gasteiger partial charge in [-0.2, -0.15) is 0 Å². The van der Waals surface area contributed by atoms with Gasteiger partial charge in [0.15, 0.2) is 0 Å². The van der Waals surface area contributed by atoms with Crippen molar-refractivity contribution in [3.63, 3.8) is 0 Å². The first-order chi connectivity index (χ1) is 36.2. The van der Waals surface area contributed by atoms with Gasteiger partial charge in [0.2, 0.25) is 0 Å². The molecule has 81 heavy (non-hydrogen) atoms. The minimum absolute atomic E-state index is 0. The van der Waals surface area contributed by atoms with Gasteiger partial charge >= 0.3 is 0 Å². The lowest BCUT2D eigenvalue weighted by molar-refractivity contribution is 0.308. The summed E-state index contributed by atoms with van der Waals surface area (Å²) in [5.41, 5.74) is 10.7. The Hall–Kier alpha value is -4.68. The van der Waals surface area contributed by atoms with E-state index in [-0.39, 0.29) is 44.6 Å². The molecule has 7 aromatic carbocycles. The molecule has 0 N–H and O–H groups in total. The summed E-state index contributed by atoms with van der Waals surface area (Å²) < 4.78 is 0. The molecule has 2 aliphatic rings. The molecule has 0 heteroatoms. The van der Waals surface area contributed by atoms with Gasteiger partial charge in [0, 0.05) is 0 Å². The fourth-order valence-corrected chi connectivity index (χ4v) is 7.28. The lowest BCUT2D eigenvalue weighted by Gasteiger charge is -2.22. The first kappa shape index (κ1) is 105. The van der Waals surface area contributed by atoms with Crippen molar-refractivity contribution in [2.45, 2.75) is 284 Å². The standard InChI is InChI=1S/3C12H12.C8H16.C8H10.C5H10.9C2H6.6CH4/c1-9-3-5-12-8-10(2)4-6-11(12)7-9;1-9-5-3-8-12-10(2)6-4-7-11(9)12;1-9-7-8-10(2)12-6-4-3-5-11(9)12;2*1-7-3-5-8(2)6-4-7;1-4-3-5(4)2;9*1-2;;;;;;/h3*3-8H,1-2H3;7-8H,3-6H2,1-2H3;3-6H,1-2H3;4-5H,3H2,1-2H3;9*1-2H3;6*1H4/t;;;;;4-,5+;;;;;;;;;;;;;;;. The quantitative estimate of drug-likeness (QED) is 0.142. The molecule has 474 valence electrons. The van der Waals surface area contributed by atoms with Crippen molar-refractivity contribution in [2.75, 3.05) is 0 Å². The van der Waals surface area contributed by atoms with Crippen molar-refractivity contribution in [2.24, 2.45) is 23.7 Å². The zero-order valence-electron chi connectivity index (χ0n) is 55.5. The van der Waals surface area contributed by atoms with E-state index in [1.807, 2.05) is 125 Å². The Kier molecular flexibility index (Phi) is 92.3. The summed E-state index contributed by atoms with van der Waals surface area (Å²) in [6, 6.07) is 47.4. The Morgan fingerprint density at radius 3 is 0.667 bits per heavy atom. The SMILES string of the molecule is C.C.C.C.C.C.CC.CC.CC.CC.CC.CC.CC.CC.CC.CC1CCC(C)CC1.C[C@@H]1C[C@@H]1C.Cc1ccc(C)c2ccccc12.Cc1ccc(C)cc1.Cc1ccc2cc(C)ccc2c1.Cc1cccc2c(C)cccc12. The Bertz CT molecular complexity index is 2060. The van der Waals surface area contributed by atoms with E-state index in [4.69, 9.17) is 0 Å². The molecule has 2 atom stereocenters. The van der Waals surface area contributed by atoms with Crippen LogP contribution in [0.25, 0.3) is 32.3 Å². The fraction of sp³-hybridized carbons (Fsp3) is 0.556. The van der Waals surface area contributed by atoms with Gasteiger partial charge < -0.3 is 0 Å². The van der Waals surface area contributed by atoms with Crippen LogP contribution >= 0.6 is 0 Å². The van der Waals surface area contributed by atoms with E-state index in [0.29, 0.717) is 0 Å². The van der Waals surface area contributed by atoms with E-state index in [0.717, 1.165) is 23.7 Å². The topological polar surface area (TPSA) is 0 Å². The zero-order chi connectivity index (χ0) is 59.5. The summed E-state index contributed by atoms with van der Waals surface area (Å²) in [5.74, 6) is 4.14. The molecule has 0 aliphatic heterocycles. The molecule has 0 radical (unpaired) electrons. The van der Waals surface area contributed by atoms with E-state index in [9.17, 15) is 0 Å². The van der Waals surface area contributed by atoms with E-state index < -0.39 is 0 Å². The molecule has 0 unspecified atom stereocenters. The van der Waals surface area contributed by atoms with Crippen LogP contribution in [-0.2, 0) is 0 Å². The highest BCUT2D eigenvalue weighted by Gasteiger charge is 2.26. The van der Waals surface area contributed by atoms with Crippen LogP contribution in [0.5, 0.6) is 0 Å². The van der Waals surface area contributed by atoms with Gasteiger partial charge in [-0.05, 0) is 140 Å². The van der Waals surface area contributed by atoms with Crippen LogP contribution in [0.3, 0.4) is 0 Å². The second kappa shape index (κ2) is 71.4. The third-order valence-electron chi connectivity index (χ3n) is 11.9. The predicted octanol–water partition coefficient (Wildman–Crippen LogP) is 30.2. The van der Waals surface area contributed by atoms with Crippen LogP contribution in [0.4, 0.5) is 0 Å². The smallest absolute Gasteiger partial charge is 0.0152 e. The van der Waals surface area contributed by atoms with Crippen molar-refractivity contribution >= 4 is 32.3 Å². The van der Waals surface area contributed by atoms with E-state index in [1.54, 1.807) is 0 Å². The lowest BCUT2D eigenvalue weighted by atomic mass is 9.84. The number of hydrogen-bond donors (Lipinski definition) is 0. The summed E-state index contributed by atoms with van der Waals surface area (Å²) in [6.07, 6.45) is 7.37. The molecule has 7 aromatic rings. The maximum Gasteiger partial charge on any atom is -0.0152 e. The molecule has 0 amide bonds. The molecular formula is C81H150. The van der Waals surface area contributed by atoms with Crippen LogP contribution in [0, 0.1) is 79.1 Å². The molecule has 2 aliphatic carbocycles. The van der Waals surface area contributed by atoms with Crippen molar-refractivity contribution in [1.29, 1.82) is 0 Å². The van der Waals surface area contributed by atoms with Gasteiger partial charge in [-0.15, -0.1) is 0 Å². The molecule has 0 nitrogen and oxygen atoms in total. The Labute approximate surface area is 515 Å². The lowest BCUT2D eigenvalue weighted by Crippen LogP contribution is -2.08. The molecule has 0 spiro atoms. The first-order valence-corrected chi connectivity index (χ1v) is 30.6. The molecule has 2 fully saturated rings. The maximum atomic E-state index is 2.37. The second-order valence-electron chi connectivity index (χ2n) is 17.6.